The van der Waals surface area contributed by atoms with Gasteiger partial charge in [-0.1, -0.05) is 12.1 Å². The number of benzene rings is 1. The number of rotatable bonds is 3. The summed E-state index contributed by atoms with van der Waals surface area (Å²) in [6, 6.07) is 7.30. The number of hydrazone groups is 1. The lowest BCUT2D eigenvalue weighted by Crippen LogP contribution is -2.28. The Morgan fingerprint density at radius 1 is 1.35 bits per heavy atom. The molecule has 90 valence electrons. The molecule has 0 aliphatic rings. The lowest BCUT2D eigenvalue weighted by atomic mass is 10.2. The standard InChI is InChI=1S/C11H14N4OS/c1-8(16)14-10-5-3-9(4-6-10)7-13-15-11(17)12-2/h3-7H,1-2H3,(H,14,16)(H2,12,15,17)/b13-7+. The molecule has 1 amide bonds. The zero-order valence-electron chi connectivity index (χ0n) is 9.65. The van der Waals surface area contributed by atoms with Crippen molar-refractivity contribution in [1.29, 1.82) is 0 Å². The summed E-state index contributed by atoms with van der Waals surface area (Å²) in [5, 5.41) is 9.82. The van der Waals surface area contributed by atoms with Crippen LogP contribution in [0.1, 0.15) is 12.5 Å². The summed E-state index contributed by atoms with van der Waals surface area (Å²) in [4.78, 5) is 10.8. The van der Waals surface area contributed by atoms with Crippen molar-refractivity contribution in [2.75, 3.05) is 12.4 Å². The highest BCUT2D eigenvalue weighted by Gasteiger charge is 1.94. The van der Waals surface area contributed by atoms with Crippen LogP contribution in [-0.4, -0.2) is 24.3 Å². The van der Waals surface area contributed by atoms with Crippen LogP contribution in [-0.2, 0) is 4.79 Å². The number of thiocarbonyl (C=S) groups is 1. The first-order valence-corrected chi connectivity index (χ1v) is 5.41. The van der Waals surface area contributed by atoms with Gasteiger partial charge in [0.2, 0.25) is 5.91 Å². The van der Waals surface area contributed by atoms with Crippen LogP contribution in [0.25, 0.3) is 0 Å². The molecule has 6 heteroatoms. The van der Waals surface area contributed by atoms with Gasteiger partial charge in [0, 0.05) is 19.7 Å². The Hall–Kier alpha value is -1.95. The Morgan fingerprint density at radius 2 is 2.00 bits per heavy atom. The Bertz CT molecular complexity index is 428. The summed E-state index contributed by atoms with van der Waals surface area (Å²) < 4.78 is 0. The van der Waals surface area contributed by atoms with Crippen LogP contribution < -0.4 is 16.1 Å². The van der Waals surface area contributed by atoms with Crippen LogP contribution >= 0.6 is 12.2 Å². The van der Waals surface area contributed by atoms with E-state index in [1.807, 2.05) is 12.1 Å². The predicted octanol–water partition coefficient (Wildman–Crippen LogP) is 1.07. The Labute approximate surface area is 105 Å². The maximum Gasteiger partial charge on any atom is 0.221 e. The summed E-state index contributed by atoms with van der Waals surface area (Å²) in [5.74, 6) is -0.0903. The van der Waals surface area contributed by atoms with E-state index in [4.69, 9.17) is 12.2 Å². The molecule has 0 aliphatic carbocycles. The zero-order valence-corrected chi connectivity index (χ0v) is 10.5. The molecule has 0 radical (unpaired) electrons. The topological polar surface area (TPSA) is 65.5 Å². The summed E-state index contributed by atoms with van der Waals surface area (Å²) in [5.41, 5.74) is 4.31. The molecule has 0 heterocycles. The van der Waals surface area contributed by atoms with Crippen molar-refractivity contribution < 1.29 is 4.79 Å². The third kappa shape index (κ3) is 5.07. The predicted molar refractivity (Wildman–Crippen MR) is 73.1 cm³/mol. The molecule has 17 heavy (non-hydrogen) atoms. The SMILES string of the molecule is CNC(=S)N/N=C/c1ccc(NC(C)=O)cc1. The number of hydrogen-bond donors (Lipinski definition) is 3. The van der Waals surface area contributed by atoms with Crippen molar-refractivity contribution >= 4 is 35.1 Å². The van der Waals surface area contributed by atoms with Crippen molar-refractivity contribution in [3.8, 4) is 0 Å². The lowest BCUT2D eigenvalue weighted by molar-refractivity contribution is -0.114. The van der Waals surface area contributed by atoms with Crippen LogP contribution in [0, 0.1) is 0 Å². The molecule has 0 saturated heterocycles. The van der Waals surface area contributed by atoms with E-state index in [-0.39, 0.29) is 5.91 Å². The molecule has 0 atom stereocenters. The normalized spacial score (nSPS) is 10.0. The van der Waals surface area contributed by atoms with Gasteiger partial charge in [-0.25, -0.2) is 0 Å². The second-order valence-corrected chi connectivity index (χ2v) is 3.66. The molecule has 1 rings (SSSR count). The fourth-order valence-electron chi connectivity index (χ4n) is 1.08. The monoisotopic (exact) mass is 250 g/mol. The number of carbonyl (C=O) groups is 1. The molecule has 1 aromatic rings. The van der Waals surface area contributed by atoms with E-state index in [1.165, 1.54) is 6.92 Å². The summed E-state index contributed by atoms with van der Waals surface area (Å²) in [6.07, 6.45) is 1.64. The lowest BCUT2D eigenvalue weighted by Gasteiger charge is -2.02. The molecule has 3 N–H and O–H groups in total. The van der Waals surface area contributed by atoms with Crippen LogP contribution in [0.15, 0.2) is 29.4 Å². The van der Waals surface area contributed by atoms with E-state index in [0.29, 0.717) is 5.11 Å². The van der Waals surface area contributed by atoms with E-state index in [9.17, 15) is 4.79 Å². The molecular weight excluding hydrogens is 236 g/mol. The Kier molecular flexibility index (Phi) is 5.09. The molecule has 0 aliphatic heterocycles. The molecule has 0 bridgehead atoms. The highest BCUT2D eigenvalue weighted by molar-refractivity contribution is 7.80. The van der Waals surface area contributed by atoms with Gasteiger partial charge in [-0.2, -0.15) is 5.10 Å². The van der Waals surface area contributed by atoms with Crippen LogP contribution in [0.4, 0.5) is 5.69 Å². The second kappa shape index (κ2) is 6.59. The van der Waals surface area contributed by atoms with Gasteiger partial charge in [-0.15, -0.1) is 0 Å². The third-order valence-corrected chi connectivity index (χ3v) is 2.13. The minimum Gasteiger partial charge on any atom is -0.364 e. The van der Waals surface area contributed by atoms with Gasteiger partial charge in [-0.05, 0) is 29.9 Å². The van der Waals surface area contributed by atoms with Crippen molar-refractivity contribution in [1.82, 2.24) is 10.7 Å². The van der Waals surface area contributed by atoms with Crippen LogP contribution in [0.3, 0.4) is 0 Å². The maximum absolute atomic E-state index is 10.8. The van der Waals surface area contributed by atoms with E-state index >= 15 is 0 Å². The Morgan fingerprint density at radius 3 is 2.53 bits per heavy atom. The second-order valence-electron chi connectivity index (χ2n) is 3.25. The maximum atomic E-state index is 10.8. The van der Waals surface area contributed by atoms with Gasteiger partial charge < -0.3 is 10.6 Å². The van der Waals surface area contributed by atoms with Crippen LogP contribution in [0.2, 0.25) is 0 Å². The van der Waals surface area contributed by atoms with Crippen molar-refractivity contribution in [2.45, 2.75) is 6.92 Å². The molecular formula is C11H14N4OS. The first-order valence-electron chi connectivity index (χ1n) is 5.00. The van der Waals surface area contributed by atoms with Gasteiger partial charge >= 0.3 is 0 Å². The number of hydrogen-bond acceptors (Lipinski definition) is 3. The van der Waals surface area contributed by atoms with E-state index in [2.05, 4.69) is 21.2 Å². The van der Waals surface area contributed by atoms with Crippen molar-refractivity contribution in [3.63, 3.8) is 0 Å². The summed E-state index contributed by atoms with van der Waals surface area (Å²) in [7, 11) is 1.72. The number of nitrogens with one attached hydrogen (secondary N) is 3. The van der Waals surface area contributed by atoms with Gasteiger partial charge in [0.05, 0.1) is 6.21 Å². The van der Waals surface area contributed by atoms with Crippen LogP contribution in [0.5, 0.6) is 0 Å². The number of amides is 1. The summed E-state index contributed by atoms with van der Waals surface area (Å²) in [6.45, 7) is 1.47. The van der Waals surface area contributed by atoms with Crippen molar-refractivity contribution in [2.24, 2.45) is 5.10 Å². The number of anilines is 1. The fourth-order valence-corrected chi connectivity index (χ4v) is 1.13. The molecule has 1 aromatic carbocycles. The quantitative estimate of drug-likeness (QED) is 0.426. The largest absolute Gasteiger partial charge is 0.364 e. The van der Waals surface area contributed by atoms with Gasteiger partial charge in [0.25, 0.3) is 0 Å². The third-order valence-electron chi connectivity index (χ3n) is 1.84. The van der Waals surface area contributed by atoms with Gasteiger partial charge in [0.15, 0.2) is 5.11 Å². The number of carbonyl (C=O) groups excluding carboxylic acids is 1. The van der Waals surface area contributed by atoms with E-state index in [1.54, 1.807) is 25.4 Å². The van der Waals surface area contributed by atoms with E-state index in [0.717, 1.165) is 11.3 Å². The first-order chi connectivity index (χ1) is 8.11. The molecule has 5 nitrogen and oxygen atoms in total. The van der Waals surface area contributed by atoms with Gasteiger partial charge in [0.1, 0.15) is 0 Å². The molecule has 0 fully saturated rings. The average Bonchev–Trinajstić information content (AvgIpc) is 2.30. The summed E-state index contributed by atoms with van der Waals surface area (Å²) >= 11 is 4.86. The fraction of sp³-hybridized carbons (Fsp3) is 0.182. The first kappa shape index (κ1) is 13.1. The molecule has 0 unspecified atom stereocenters. The average molecular weight is 250 g/mol. The van der Waals surface area contributed by atoms with Gasteiger partial charge in [-0.3, -0.25) is 10.2 Å². The highest BCUT2D eigenvalue weighted by Crippen LogP contribution is 2.07. The molecule has 0 spiro atoms. The van der Waals surface area contributed by atoms with E-state index < -0.39 is 0 Å². The van der Waals surface area contributed by atoms with Crippen molar-refractivity contribution in [3.05, 3.63) is 29.8 Å². The molecule has 0 saturated carbocycles. The Balaban J connectivity index is 2.56. The highest BCUT2D eigenvalue weighted by atomic mass is 32.1. The smallest absolute Gasteiger partial charge is 0.221 e. The molecule has 0 aromatic heterocycles. The minimum atomic E-state index is -0.0903. The zero-order chi connectivity index (χ0) is 12.7. The minimum absolute atomic E-state index is 0.0903. The number of nitrogens with zero attached hydrogens (tertiary/aromatic N) is 1.